The Balaban J connectivity index is 3.32. The summed E-state index contributed by atoms with van der Waals surface area (Å²) in [6.45, 7) is 5.36. The van der Waals surface area contributed by atoms with Crippen LogP contribution in [-0.2, 0) is 4.74 Å². The molecule has 0 aliphatic carbocycles. The van der Waals surface area contributed by atoms with Gasteiger partial charge in [0.1, 0.15) is 0 Å². The molecule has 0 amide bonds. The summed E-state index contributed by atoms with van der Waals surface area (Å²) in [4.78, 5) is 0. The Morgan fingerprint density at radius 1 is 1.44 bits per heavy atom. The van der Waals surface area contributed by atoms with E-state index in [0.29, 0.717) is 5.92 Å². The van der Waals surface area contributed by atoms with Gasteiger partial charge in [-0.05, 0) is 12.8 Å². The van der Waals surface area contributed by atoms with E-state index in [-0.39, 0.29) is 6.10 Å². The van der Waals surface area contributed by atoms with Gasteiger partial charge in [0.25, 0.3) is 0 Å². The molecule has 0 bridgehead atoms. The zero-order chi connectivity index (χ0) is 7.28. The summed E-state index contributed by atoms with van der Waals surface area (Å²) in [6, 6.07) is 0. The second-order valence-electron chi connectivity index (χ2n) is 2.37. The van der Waals surface area contributed by atoms with Crippen LogP contribution in [0, 0.1) is 5.92 Å². The summed E-state index contributed by atoms with van der Waals surface area (Å²) in [5.74, 6) is 0.459. The van der Waals surface area contributed by atoms with Crippen molar-refractivity contribution >= 4 is 0 Å². The molecule has 0 heterocycles. The predicted octanol–water partition coefficient (Wildman–Crippen LogP) is 2.36. The molecular weight excluding hydrogens is 119 g/mol. The first-order chi connectivity index (χ1) is 4.22. The van der Waals surface area contributed by atoms with E-state index in [9.17, 15) is 4.39 Å². The van der Waals surface area contributed by atoms with Gasteiger partial charge in [0.05, 0.1) is 6.10 Å². The van der Waals surface area contributed by atoms with Crippen LogP contribution in [0.1, 0.15) is 27.2 Å². The molecule has 0 aromatic rings. The number of rotatable bonds is 4. The van der Waals surface area contributed by atoms with Crippen LogP contribution in [-0.4, -0.2) is 13.0 Å². The Labute approximate surface area is 56.2 Å². The molecule has 56 valence electrons. The number of alkyl halides is 1. The fourth-order valence-corrected chi connectivity index (χ4v) is 0.596. The molecule has 0 saturated heterocycles. The smallest absolute Gasteiger partial charge is 0.188 e. The normalized spacial score (nSPS) is 17.3. The maximum Gasteiger partial charge on any atom is 0.188 e. The van der Waals surface area contributed by atoms with E-state index in [4.69, 9.17) is 4.74 Å². The fraction of sp³-hybridized carbons (Fsp3) is 1.00. The molecule has 2 unspecified atom stereocenters. The minimum absolute atomic E-state index is 0.0556. The van der Waals surface area contributed by atoms with Crippen LogP contribution < -0.4 is 0 Å². The SMILES string of the molecule is CCC(C)C(C)OCF. The zero-order valence-corrected chi connectivity index (χ0v) is 6.36. The predicted molar refractivity (Wildman–Crippen MR) is 36.0 cm³/mol. The number of halogens is 1. The lowest BCUT2D eigenvalue weighted by Gasteiger charge is -2.16. The first-order valence-electron chi connectivity index (χ1n) is 3.40. The minimum Gasteiger partial charge on any atom is -0.347 e. The highest BCUT2D eigenvalue weighted by molar-refractivity contribution is 4.57. The van der Waals surface area contributed by atoms with Gasteiger partial charge in [0.2, 0.25) is 0 Å². The zero-order valence-electron chi connectivity index (χ0n) is 6.36. The molecule has 0 aromatic heterocycles. The average molecular weight is 134 g/mol. The van der Waals surface area contributed by atoms with E-state index in [0.717, 1.165) is 6.42 Å². The van der Waals surface area contributed by atoms with E-state index in [1.54, 1.807) is 0 Å². The van der Waals surface area contributed by atoms with Crippen molar-refractivity contribution in [3.63, 3.8) is 0 Å². The maximum absolute atomic E-state index is 11.5. The summed E-state index contributed by atoms with van der Waals surface area (Å²) in [6.07, 6.45) is 1.10. The monoisotopic (exact) mass is 134 g/mol. The first-order valence-corrected chi connectivity index (χ1v) is 3.40. The summed E-state index contributed by atoms with van der Waals surface area (Å²) in [5, 5.41) is 0. The third-order valence-corrected chi connectivity index (χ3v) is 1.77. The van der Waals surface area contributed by atoms with Crippen LogP contribution in [0.4, 0.5) is 4.39 Å². The molecule has 0 radical (unpaired) electrons. The molecule has 1 nitrogen and oxygen atoms in total. The van der Waals surface area contributed by atoms with E-state index in [1.807, 2.05) is 6.92 Å². The van der Waals surface area contributed by atoms with Gasteiger partial charge in [0, 0.05) is 0 Å². The first kappa shape index (κ1) is 8.89. The number of ether oxygens (including phenoxy) is 1. The van der Waals surface area contributed by atoms with Crippen molar-refractivity contribution in [3.8, 4) is 0 Å². The largest absolute Gasteiger partial charge is 0.347 e. The van der Waals surface area contributed by atoms with Gasteiger partial charge in [0.15, 0.2) is 6.86 Å². The lowest BCUT2D eigenvalue weighted by atomic mass is 10.0. The van der Waals surface area contributed by atoms with Crippen molar-refractivity contribution in [2.45, 2.75) is 33.3 Å². The Bertz CT molecular complexity index is 65.9. The molecule has 0 spiro atoms. The van der Waals surface area contributed by atoms with Crippen molar-refractivity contribution in [1.29, 1.82) is 0 Å². The highest BCUT2D eigenvalue weighted by Gasteiger charge is 2.08. The molecule has 0 aliphatic heterocycles. The Hall–Kier alpha value is -0.110. The van der Waals surface area contributed by atoms with E-state index < -0.39 is 6.86 Å². The van der Waals surface area contributed by atoms with Crippen LogP contribution in [0.3, 0.4) is 0 Å². The van der Waals surface area contributed by atoms with E-state index >= 15 is 0 Å². The minimum atomic E-state index is -0.661. The van der Waals surface area contributed by atoms with Gasteiger partial charge in [-0.25, -0.2) is 4.39 Å². The number of hydrogen-bond acceptors (Lipinski definition) is 1. The third-order valence-electron chi connectivity index (χ3n) is 1.77. The molecule has 0 saturated carbocycles. The molecule has 0 rings (SSSR count). The van der Waals surface area contributed by atoms with E-state index in [1.165, 1.54) is 0 Å². The molecule has 0 N–H and O–H groups in total. The van der Waals surface area contributed by atoms with Gasteiger partial charge in [-0.15, -0.1) is 0 Å². The number of hydrogen-bond donors (Lipinski definition) is 0. The van der Waals surface area contributed by atoms with Crippen molar-refractivity contribution < 1.29 is 9.13 Å². The summed E-state index contributed by atoms with van der Waals surface area (Å²) >= 11 is 0. The third kappa shape index (κ3) is 3.46. The van der Waals surface area contributed by atoms with Crippen LogP contribution in [0.2, 0.25) is 0 Å². The Kier molecular flexibility index (Phi) is 4.68. The highest BCUT2D eigenvalue weighted by atomic mass is 19.1. The summed E-state index contributed by atoms with van der Waals surface area (Å²) in [5.41, 5.74) is 0. The van der Waals surface area contributed by atoms with Crippen LogP contribution in [0.5, 0.6) is 0 Å². The second kappa shape index (κ2) is 4.74. The fourth-order valence-electron chi connectivity index (χ4n) is 0.596. The molecule has 9 heavy (non-hydrogen) atoms. The topological polar surface area (TPSA) is 9.23 Å². The highest BCUT2D eigenvalue weighted by Crippen LogP contribution is 2.09. The van der Waals surface area contributed by atoms with Gasteiger partial charge in [-0.1, -0.05) is 20.3 Å². The average Bonchev–Trinajstić information content (AvgIpc) is 1.87. The summed E-state index contributed by atoms with van der Waals surface area (Å²) < 4.78 is 16.2. The van der Waals surface area contributed by atoms with Crippen molar-refractivity contribution in [3.05, 3.63) is 0 Å². The lowest BCUT2D eigenvalue weighted by molar-refractivity contribution is -0.0214. The van der Waals surface area contributed by atoms with Crippen molar-refractivity contribution in [1.82, 2.24) is 0 Å². The molecule has 0 aromatic carbocycles. The van der Waals surface area contributed by atoms with Crippen molar-refractivity contribution in [2.24, 2.45) is 5.92 Å². The van der Waals surface area contributed by atoms with Crippen LogP contribution in [0.15, 0.2) is 0 Å². The molecule has 0 aliphatic rings. The van der Waals surface area contributed by atoms with Gasteiger partial charge in [-0.3, -0.25) is 0 Å². The van der Waals surface area contributed by atoms with Gasteiger partial charge < -0.3 is 4.74 Å². The second-order valence-corrected chi connectivity index (χ2v) is 2.37. The molecule has 2 heteroatoms. The molecular formula is C7H15FO. The Morgan fingerprint density at radius 3 is 2.33 bits per heavy atom. The Morgan fingerprint density at radius 2 is 2.00 bits per heavy atom. The van der Waals surface area contributed by atoms with Crippen LogP contribution in [0.25, 0.3) is 0 Å². The van der Waals surface area contributed by atoms with Crippen LogP contribution >= 0.6 is 0 Å². The molecule has 0 fully saturated rings. The molecule has 2 atom stereocenters. The maximum atomic E-state index is 11.5. The van der Waals surface area contributed by atoms with Crippen molar-refractivity contribution in [2.75, 3.05) is 6.86 Å². The quantitative estimate of drug-likeness (QED) is 0.573. The van der Waals surface area contributed by atoms with Gasteiger partial charge >= 0.3 is 0 Å². The van der Waals surface area contributed by atoms with E-state index in [2.05, 4.69) is 13.8 Å². The summed E-state index contributed by atoms with van der Waals surface area (Å²) in [7, 11) is 0. The lowest BCUT2D eigenvalue weighted by Crippen LogP contribution is -2.16. The standard InChI is InChI=1S/C7H15FO/c1-4-6(2)7(3)9-5-8/h6-7H,4-5H2,1-3H3. The van der Waals surface area contributed by atoms with Gasteiger partial charge in [-0.2, -0.15) is 0 Å².